The number of carbonyl (C=O) groups excluding carboxylic acids is 1. The number of benzene rings is 1. The molecule has 1 aromatic rings. The van der Waals surface area contributed by atoms with E-state index in [1.165, 1.54) is 6.42 Å². The summed E-state index contributed by atoms with van der Waals surface area (Å²) in [6.45, 7) is 6.46. The van der Waals surface area contributed by atoms with Crippen LogP contribution in [0.25, 0.3) is 0 Å². The Morgan fingerprint density at radius 3 is 2.63 bits per heavy atom. The Morgan fingerprint density at radius 1 is 1.32 bits per heavy atom. The van der Waals surface area contributed by atoms with Crippen molar-refractivity contribution in [1.29, 1.82) is 0 Å². The zero-order valence-corrected chi connectivity index (χ0v) is 14.0. The maximum absolute atomic E-state index is 12.1. The van der Waals surface area contributed by atoms with Crippen molar-refractivity contribution in [1.82, 2.24) is 5.32 Å². The molecule has 0 aliphatic heterocycles. The molecule has 1 N–H and O–H groups in total. The number of hydrogen-bond acceptors (Lipinski definition) is 1. The van der Waals surface area contributed by atoms with Crippen LogP contribution in [-0.2, 0) is 0 Å². The van der Waals surface area contributed by atoms with Crippen molar-refractivity contribution in [3.63, 3.8) is 0 Å². The second-order valence-corrected chi connectivity index (χ2v) is 6.65. The summed E-state index contributed by atoms with van der Waals surface area (Å²) in [6, 6.07) is 5.47. The normalized spacial score (nSPS) is 12.5. The van der Waals surface area contributed by atoms with Gasteiger partial charge in [-0.2, -0.15) is 0 Å². The van der Waals surface area contributed by atoms with Crippen molar-refractivity contribution in [3.8, 4) is 0 Å². The fourth-order valence-corrected chi connectivity index (χ4v) is 2.44. The van der Waals surface area contributed by atoms with E-state index in [2.05, 4.69) is 35.1 Å². The van der Waals surface area contributed by atoms with E-state index in [-0.39, 0.29) is 11.9 Å². The number of carbonyl (C=O) groups is 1. The molecule has 0 saturated carbocycles. The number of halogens is 2. The summed E-state index contributed by atoms with van der Waals surface area (Å²) in [6.07, 6.45) is 3.32. The summed E-state index contributed by atoms with van der Waals surface area (Å²) in [5.74, 6) is 0.603. The molecule has 0 bridgehead atoms. The van der Waals surface area contributed by atoms with Gasteiger partial charge in [-0.05, 0) is 37.5 Å². The maximum atomic E-state index is 12.1. The van der Waals surface area contributed by atoms with Crippen LogP contribution in [-0.4, -0.2) is 11.9 Å². The van der Waals surface area contributed by atoms with Crippen molar-refractivity contribution in [2.24, 2.45) is 5.92 Å². The van der Waals surface area contributed by atoms with Crippen LogP contribution < -0.4 is 5.32 Å². The van der Waals surface area contributed by atoms with Gasteiger partial charge in [-0.25, -0.2) is 0 Å². The van der Waals surface area contributed by atoms with Crippen LogP contribution >= 0.6 is 27.5 Å². The Kier molecular flexibility index (Phi) is 6.87. The van der Waals surface area contributed by atoms with E-state index >= 15 is 0 Å². The average Bonchev–Trinajstić information content (AvgIpc) is 2.31. The molecule has 1 aromatic carbocycles. The largest absolute Gasteiger partial charge is 0.350 e. The van der Waals surface area contributed by atoms with E-state index in [0.29, 0.717) is 16.5 Å². The molecule has 0 heterocycles. The molecule has 2 nitrogen and oxygen atoms in total. The highest BCUT2D eigenvalue weighted by Crippen LogP contribution is 2.21. The molecule has 0 aliphatic carbocycles. The molecule has 19 heavy (non-hydrogen) atoms. The van der Waals surface area contributed by atoms with Crippen LogP contribution in [0, 0.1) is 5.92 Å². The second-order valence-electron chi connectivity index (χ2n) is 5.32. The number of amides is 1. The highest BCUT2D eigenvalue weighted by atomic mass is 79.9. The highest BCUT2D eigenvalue weighted by Gasteiger charge is 2.13. The quantitative estimate of drug-likeness (QED) is 0.767. The van der Waals surface area contributed by atoms with Gasteiger partial charge in [0.2, 0.25) is 0 Å². The van der Waals surface area contributed by atoms with E-state index in [0.717, 1.165) is 17.3 Å². The lowest BCUT2D eigenvalue weighted by molar-refractivity contribution is 0.0938. The van der Waals surface area contributed by atoms with Crippen LogP contribution in [0.1, 0.15) is 50.4 Å². The molecule has 4 heteroatoms. The standard InChI is InChI=1S/C15H21BrClNO/c1-10(2)5-4-6-11(3)18-15(19)13-9-12(16)7-8-14(13)17/h7-11H,4-6H2,1-3H3,(H,18,19)/t11-/m1/s1. The van der Waals surface area contributed by atoms with Gasteiger partial charge in [0, 0.05) is 10.5 Å². The first-order valence-corrected chi connectivity index (χ1v) is 7.83. The maximum Gasteiger partial charge on any atom is 0.253 e. The third-order valence-electron chi connectivity index (χ3n) is 2.97. The molecule has 1 rings (SSSR count). The summed E-state index contributed by atoms with van der Waals surface area (Å²) in [4.78, 5) is 12.1. The molecule has 0 fully saturated rings. The minimum Gasteiger partial charge on any atom is -0.350 e. The van der Waals surface area contributed by atoms with Crippen LogP contribution in [0.2, 0.25) is 5.02 Å². The summed E-state index contributed by atoms with van der Waals surface area (Å²) in [5.41, 5.74) is 0.520. The Bertz CT molecular complexity index is 434. The fraction of sp³-hybridized carbons (Fsp3) is 0.533. The van der Waals surface area contributed by atoms with Crippen molar-refractivity contribution < 1.29 is 4.79 Å². The third kappa shape index (κ3) is 5.96. The van der Waals surface area contributed by atoms with Crippen LogP contribution in [0.3, 0.4) is 0 Å². The number of rotatable bonds is 6. The van der Waals surface area contributed by atoms with Gasteiger partial charge in [-0.1, -0.05) is 54.2 Å². The Balaban J connectivity index is 2.52. The lowest BCUT2D eigenvalue weighted by Gasteiger charge is -2.15. The van der Waals surface area contributed by atoms with E-state index in [1.807, 2.05) is 13.0 Å². The summed E-state index contributed by atoms with van der Waals surface area (Å²) < 4.78 is 0.856. The Hall–Kier alpha value is -0.540. The SMILES string of the molecule is CC(C)CCC[C@@H](C)NC(=O)c1cc(Br)ccc1Cl. The van der Waals surface area contributed by atoms with Gasteiger partial charge in [0.15, 0.2) is 0 Å². The van der Waals surface area contributed by atoms with E-state index in [4.69, 9.17) is 11.6 Å². The molecule has 1 amide bonds. The average molecular weight is 347 g/mol. The molecule has 1 atom stereocenters. The van der Waals surface area contributed by atoms with Gasteiger partial charge in [-0.15, -0.1) is 0 Å². The zero-order valence-electron chi connectivity index (χ0n) is 11.7. The Morgan fingerprint density at radius 2 is 2.00 bits per heavy atom. The fourth-order valence-electron chi connectivity index (χ4n) is 1.88. The monoisotopic (exact) mass is 345 g/mol. The van der Waals surface area contributed by atoms with Crippen LogP contribution in [0.4, 0.5) is 0 Å². The van der Waals surface area contributed by atoms with Gasteiger partial charge < -0.3 is 5.32 Å². The van der Waals surface area contributed by atoms with Crippen molar-refractivity contribution in [3.05, 3.63) is 33.3 Å². The van der Waals surface area contributed by atoms with Gasteiger partial charge in [0.05, 0.1) is 10.6 Å². The number of nitrogens with one attached hydrogen (secondary N) is 1. The van der Waals surface area contributed by atoms with Crippen molar-refractivity contribution in [2.45, 2.75) is 46.1 Å². The van der Waals surface area contributed by atoms with Crippen molar-refractivity contribution >= 4 is 33.4 Å². The molecular formula is C15H21BrClNO. The predicted molar refractivity (Wildman–Crippen MR) is 84.8 cm³/mol. The third-order valence-corrected chi connectivity index (χ3v) is 3.79. The molecule has 0 aliphatic rings. The van der Waals surface area contributed by atoms with Crippen LogP contribution in [0.15, 0.2) is 22.7 Å². The molecule has 0 radical (unpaired) electrons. The molecule has 0 unspecified atom stereocenters. The molecular weight excluding hydrogens is 326 g/mol. The summed E-state index contributed by atoms with van der Waals surface area (Å²) in [5, 5.41) is 3.48. The van der Waals surface area contributed by atoms with E-state index in [9.17, 15) is 4.79 Å². The number of hydrogen-bond donors (Lipinski definition) is 1. The van der Waals surface area contributed by atoms with E-state index < -0.39 is 0 Å². The molecule has 0 aromatic heterocycles. The molecule has 0 spiro atoms. The summed E-state index contributed by atoms with van der Waals surface area (Å²) in [7, 11) is 0. The minimum atomic E-state index is -0.108. The van der Waals surface area contributed by atoms with Crippen molar-refractivity contribution in [2.75, 3.05) is 0 Å². The van der Waals surface area contributed by atoms with Gasteiger partial charge in [0.25, 0.3) is 5.91 Å². The lowest BCUT2D eigenvalue weighted by Crippen LogP contribution is -2.32. The Labute approximate surface area is 129 Å². The second kappa shape index (κ2) is 7.91. The summed E-state index contributed by atoms with van der Waals surface area (Å²) >= 11 is 9.39. The first kappa shape index (κ1) is 16.5. The first-order valence-electron chi connectivity index (χ1n) is 6.66. The van der Waals surface area contributed by atoms with Gasteiger partial charge in [0.1, 0.15) is 0 Å². The minimum absolute atomic E-state index is 0.108. The predicted octanol–water partition coefficient (Wildman–Crippen LogP) is 5.05. The smallest absolute Gasteiger partial charge is 0.253 e. The lowest BCUT2D eigenvalue weighted by atomic mass is 10.0. The van der Waals surface area contributed by atoms with Gasteiger partial charge in [-0.3, -0.25) is 4.79 Å². The van der Waals surface area contributed by atoms with Crippen LogP contribution in [0.5, 0.6) is 0 Å². The molecule has 106 valence electrons. The highest BCUT2D eigenvalue weighted by molar-refractivity contribution is 9.10. The molecule has 0 saturated heterocycles. The van der Waals surface area contributed by atoms with E-state index in [1.54, 1.807) is 12.1 Å². The topological polar surface area (TPSA) is 29.1 Å². The van der Waals surface area contributed by atoms with Gasteiger partial charge >= 0.3 is 0 Å². The first-order chi connectivity index (χ1) is 8.90. The zero-order chi connectivity index (χ0) is 14.4.